The third-order valence-electron chi connectivity index (χ3n) is 1.47. The topological polar surface area (TPSA) is 87.3 Å². The number of hydrogen-bond acceptors (Lipinski definition) is 4. The number of aromatic nitrogens is 2. The van der Waals surface area contributed by atoms with Gasteiger partial charge in [0.15, 0.2) is 6.40 Å². The Morgan fingerprint density at radius 2 is 2.17 bits per heavy atom. The van der Waals surface area contributed by atoms with Crippen molar-refractivity contribution in [3.8, 4) is 11.8 Å². The molecule has 2 N–H and O–H groups in total. The molecular formula is C9H6F3N3O3. The van der Waals surface area contributed by atoms with Gasteiger partial charge in [0, 0.05) is 6.20 Å². The van der Waals surface area contributed by atoms with Gasteiger partial charge in [-0.15, -0.1) is 13.2 Å². The van der Waals surface area contributed by atoms with Crippen molar-refractivity contribution in [2.24, 2.45) is 4.99 Å². The van der Waals surface area contributed by atoms with Gasteiger partial charge in [-0.25, -0.2) is 9.79 Å². The number of ether oxygens (including phenoxy) is 1. The number of H-pyrrole nitrogens is 2. The summed E-state index contributed by atoms with van der Waals surface area (Å²) < 4.78 is 37.7. The van der Waals surface area contributed by atoms with Gasteiger partial charge in [0.2, 0.25) is 0 Å². The number of halogens is 3. The molecule has 6 nitrogen and oxygen atoms in total. The van der Waals surface area contributed by atoms with Crippen LogP contribution in [-0.4, -0.2) is 29.3 Å². The molecular weight excluding hydrogens is 255 g/mol. The lowest BCUT2D eigenvalue weighted by atomic mass is 10.3. The van der Waals surface area contributed by atoms with Gasteiger partial charge in [-0.3, -0.25) is 9.78 Å². The molecule has 1 aromatic rings. The summed E-state index contributed by atoms with van der Waals surface area (Å²) in [5, 5.41) is 0. The van der Waals surface area contributed by atoms with Crippen molar-refractivity contribution in [1.82, 2.24) is 9.97 Å². The fraction of sp³-hybridized carbons (Fsp3) is 0.222. The zero-order chi connectivity index (χ0) is 13.6. The second-order valence-corrected chi connectivity index (χ2v) is 2.80. The second-order valence-electron chi connectivity index (χ2n) is 2.80. The first-order valence-corrected chi connectivity index (χ1v) is 4.42. The molecule has 96 valence electrons. The Morgan fingerprint density at radius 1 is 1.44 bits per heavy atom. The molecule has 0 radical (unpaired) electrons. The smallest absolute Gasteiger partial charge is 0.395 e. The highest BCUT2D eigenvalue weighted by molar-refractivity contribution is 5.47. The number of nitrogens with zero attached hydrogens (tertiary/aromatic N) is 1. The van der Waals surface area contributed by atoms with Crippen molar-refractivity contribution in [2.75, 3.05) is 6.54 Å². The third kappa shape index (κ3) is 5.02. The van der Waals surface area contributed by atoms with Crippen LogP contribution in [0.2, 0.25) is 0 Å². The maximum atomic E-state index is 11.5. The summed E-state index contributed by atoms with van der Waals surface area (Å²) in [7, 11) is 0. The maximum Gasteiger partial charge on any atom is 0.573 e. The molecule has 0 bridgehead atoms. The molecule has 0 spiro atoms. The summed E-state index contributed by atoms with van der Waals surface area (Å²) in [4.78, 5) is 29.1. The lowest BCUT2D eigenvalue weighted by Gasteiger charge is -2.00. The van der Waals surface area contributed by atoms with Gasteiger partial charge in [-0.1, -0.05) is 11.8 Å². The number of aromatic amines is 2. The highest BCUT2D eigenvalue weighted by Crippen LogP contribution is 2.14. The van der Waals surface area contributed by atoms with E-state index < -0.39 is 17.6 Å². The summed E-state index contributed by atoms with van der Waals surface area (Å²) in [6, 6.07) is 0. The number of rotatable bonds is 2. The molecule has 0 amide bonds. The lowest BCUT2D eigenvalue weighted by molar-refractivity contribution is -0.280. The average molecular weight is 261 g/mol. The number of aliphatic imine (C=N–C) groups is 1. The van der Waals surface area contributed by atoms with E-state index in [1.165, 1.54) is 0 Å². The summed E-state index contributed by atoms with van der Waals surface area (Å²) in [5.74, 6) is 4.63. The minimum atomic E-state index is -4.78. The fourth-order valence-electron chi connectivity index (χ4n) is 0.817. The number of nitrogens with one attached hydrogen (secondary N) is 2. The lowest BCUT2D eigenvalue weighted by Crippen LogP contribution is -2.23. The van der Waals surface area contributed by atoms with E-state index in [-0.39, 0.29) is 18.5 Å². The van der Waals surface area contributed by atoms with E-state index in [0.717, 1.165) is 6.20 Å². The van der Waals surface area contributed by atoms with Crippen LogP contribution in [0, 0.1) is 11.8 Å². The molecule has 0 atom stereocenters. The Labute approximate surface area is 97.5 Å². The largest absolute Gasteiger partial charge is 0.573 e. The zero-order valence-electron chi connectivity index (χ0n) is 8.67. The van der Waals surface area contributed by atoms with E-state index >= 15 is 0 Å². The van der Waals surface area contributed by atoms with Crippen molar-refractivity contribution in [1.29, 1.82) is 0 Å². The minimum Gasteiger partial charge on any atom is -0.395 e. The molecule has 0 aliphatic heterocycles. The van der Waals surface area contributed by atoms with Gasteiger partial charge in [0.1, 0.15) is 12.1 Å². The number of alkyl halides is 3. The van der Waals surface area contributed by atoms with Crippen molar-refractivity contribution in [3.63, 3.8) is 0 Å². The average Bonchev–Trinajstić information content (AvgIpc) is 2.24. The van der Waals surface area contributed by atoms with Crippen LogP contribution in [0.3, 0.4) is 0 Å². The monoisotopic (exact) mass is 261 g/mol. The Balaban J connectivity index is 2.57. The first-order chi connectivity index (χ1) is 8.38. The van der Waals surface area contributed by atoms with E-state index in [9.17, 15) is 22.8 Å². The minimum absolute atomic E-state index is 0.0264. The predicted molar refractivity (Wildman–Crippen MR) is 55.1 cm³/mol. The molecule has 0 fully saturated rings. The summed E-state index contributed by atoms with van der Waals surface area (Å²) in [6.07, 6.45) is -3.48. The summed E-state index contributed by atoms with van der Waals surface area (Å²) in [6.45, 7) is -0.283. The predicted octanol–water partition coefficient (Wildman–Crippen LogP) is -0.0206. The van der Waals surface area contributed by atoms with Crippen LogP contribution in [0.1, 0.15) is 5.56 Å². The van der Waals surface area contributed by atoms with Crippen molar-refractivity contribution >= 4 is 6.40 Å². The fourth-order valence-corrected chi connectivity index (χ4v) is 0.817. The Kier molecular flexibility index (Phi) is 4.31. The van der Waals surface area contributed by atoms with Crippen LogP contribution in [0.15, 0.2) is 20.8 Å². The van der Waals surface area contributed by atoms with E-state index in [1.807, 2.05) is 4.98 Å². The van der Waals surface area contributed by atoms with Crippen LogP contribution in [0.4, 0.5) is 13.2 Å². The molecule has 1 rings (SSSR count). The van der Waals surface area contributed by atoms with E-state index in [4.69, 9.17) is 0 Å². The Bertz CT molecular complexity index is 603. The normalized spacial score (nSPS) is 11.1. The van der Waals surface area contributed by atoms with Gasteiger partial charge in [-0.05, 0) is 0 Å². The Hall–Kier alpha value is -2.50. The van der Waals surface area contributed by atoms with Crippen LogP contribution < -0.4 is 11.2 Å². The molecule has 18 heavy (non-hydrogen) atoms. The van der Waals surface area contributed by atoms with Crippen LogP contribution in [0.25, 0.3) is 0 Å². The first-order valence-electron chi connectivity index (χ1n) is 4.42. The molecule has 0 aliphatic rings. The highest BCUT2D eigenvalue weighted by Gasteiger charge is 2.29. The van der Waals surface area contributed by atoms with Gasteiger partial charge < -0.3 is 9.72 Å². The van der Waals surface area contributed by atoms with E-state index in [2.05, 4.69) is 26.6 Å². The number of hydrogen-bond donors (Lipinski definition) is 2. The Morgan fingerprint density at radius 3 is 2.78 bits per heavy atom. The van der Waals surface area contributed by atoms with Gasteiger partial charge in [-0.2, -0.15) is 0 Å². The molecule has 0 saturated heterocycles. The van der Waals surface area contributed by atoms with Gasteiger partial charge >= 0.3 is 12.1 Å². The first kappa shape index (κ1) is 13.6. The van der Waals surface area contributed by atoms with Gasteiger partial charge in [0.05, 0.1) is 0 Å². The summed E-state index contributed by atoms with van der Waals surface area (Å²) in [5.41, 5.74) is -1.40. The quantitative estimate of drug-likeness (QED) is 0.445. The van der Waals surface area contributed by atoms with Crippen LogP contribution >= 0.6 is 0 Å². The van der Waals surface area contributed by atoms with E-state index in [1.54, 1.807) is 0 Å². The maximum absolute atomic E-state index is 11.5. The molecule has 1 heterocycles. The molecule has 0 aliphatic carbocycles. The van der Waals surface area contributed by atoms with Crippen molar-refractivity contribution < 1.29 is 17.9 Å². The van der Waals surface area contributed by atoms with Gasteiger partial charge in [0.25, 0.3) is 5.56 Å². The van der Waals surface area contributed by atoms with E-state index in [0.29, 0.717) is 0 Å². The third-order valence-corrected chi connectivity index (χ3v) is 1.47. The zero-order valence-corrected chi connectivity index (χ0v) is 8.67. The molecule has 9 heteroatoms. The standard InChI is InChI=1S/C9H6F3N3O3/c10-9(11,12)18-5-13-3-1-2-6-4-14-8(17)15-7(6)16/h4-5H,3H2,(H2,14,15,16,17). The highest BCUT2D eigenvalue weighted by atomic mass is 19.4. The SMILES string of the molecule is O=c1[nH]cc(C#CCN=COC(F)(F)F)c(=O)[nH]1. The van der Waals surface area contributed by atoms with Crippen molar-refractivity contribution in [3.05, 3.63) is 32.6 Å². The molecule has 0 saturated carbocycles. The van der Waals surface area contributed by atoms with Crippen molar-refractivity contribution in [2.45, 2.75) is 6.36 Å². The van der Waals surface area contributed by atoms with Crippen LogP contribution in [0.5, 0.6) is 0 Å². The molecule has 1 aromatic heterocycles. The van der Waals surface area contributed by atoms with Crippen LogP contribution in [-0.2, 0) is 4.74 Å². The molecule has 0 unspecified atom stereocenters. The summed E-state index contributed by atoms with van der Waals surface area (Å²) >= 11 is 0. The second kappa shape index (κ2) is 5.72. The molecule has 0 aromatic carbocycles.